The third-order valence-corrected chi connectivity index (χ3v) is 9.18. The Morgan fingerprint density at radius 3 is 2.47 bits per heavy atom. The summed E-state index contributed by atoms with van der Waals surface area (Å²) in [5, 5.41) is 0. The lowest BCUT2D eigenvalue weighted by molar-refractivity contribution is -0.0836. The van der Waals surface area contributed by atoms with Gasteiger partial charge >= 0.3 is 13.8 Å². The van der Waals surface area contributed by atoms with Crippen LogP contribution >= 0.6 is 31.1 Å². The molecule has 0 fully saturated rings. The highest BCUT2D eigenvalue weighted by Gasteiger charge is 2.47. The van der Waals surface area contributed by atoms with Crippen LogP contribution in [-0.2, 0) is 9.09 Å². The van der Waals surface area contributed by atoms with E-state index in [0.29, 0.717) is 0 Å². The number of thiol groups is 2. The maximum absolute atomic E-state index is 12.9. The van der Waals surface area contributed by atoms with Gasteiger partial charge in [-0.25, -0.2) is 0 Å². The van der Waals surface area contributed by atoms with Crippen molar-refractivity contribution in [2.45, 2.75) is 31.4 Å². The van der Waals surface area contributed by atoms with Crippen LogP contribution in [-0.4, -0.2) is 22.7 Å². The van der Waals surface area contributed by atoms with E-state index in [2.05, 4.69) is 12.6 Å². The van der Waals surface area contributed by atoms with E-state index in [1.165, 1.54) is 13.0 Å². The minimum absolute atomic E-state index is 0.0237. The summed E-state index contributed by atoms with van der Waals surface area (Å²) in [5.74, 6) is 0. The van der Waals surface area contributed by atoms with Gasteiger partial charge in [0.05, 0.1) is 16.5 Å². The number of allylic oxidation sites excluding steroid dienone is 3. The van der Waals surface area contributed by atoms with Gasteiger partial charge < -0.3 is 9.42 Å². The maximum atomic E-state index is 12.9. The summed E-state index contributed by atoms with van der Waals surface area (Å²) in [5.41, 5.74) is 0. The molecule has 19 heavy (non-hydrogen) atoms. The van der Waals surface area contributed by atoms with Gasteiger partial charge in [-0.15, -0.1) is 12.6 Å². The van der Waals surface area contributed by atoms with Crippen LogP contribution in [0.25, 0.3) is 0 Å². The molecule has 1 aliphatic heterocycles. The zero-order chi connectivity index (χ0) is 14.8. The number of hydrogen-bond acceptors (Lipinski definition) is 3. The molecule has 1 heterocycles. The molecule has 3 nitrogen and oxygen atoms in total. The largest absolute Gasteiger partial charge is 0.420 e. The zero-order valence-corrected chi connectivity index (χ0v) is 13.1. The van der Waals surface area contributed by atoms with Gasteiger partial charge in [-0.1, -0.05) is 6.92 Å². The minimum atomic E-state index is -4.52. The lowest BCUT2D eigenvalue weighted by atomic mass is 10.5. The van der Waals surface area contributed by atoms with Gasteiger partial charge in [0, 0.05) is 4.24 Å². The van der Waals surface area contributed by atoms with Gasteiger partial charge in [-0.3, -0.25) is 4.57 Å². The molecule has 0 aromatic rings. The van der Waals surface area contributed by atoms with Gasteiger partial charge in [0.1, 0.15) is 0 Å². The first-order chi connectivity index (χ1) is 8.65. The highest BCUT2D eigenvalue weighted by molar-refractivity contribution is 8.34. The first kappa shape index (κ1) is 17.2. The van der Waals surface area contributed by atoms with Gasteiger partial charge in [0.25, 0.3) is 0 Å². The maximum Gasteiger partial charge on any atom is 0.420 e. The molecule has 0 saturated carbocycles. The summed E-state index contributed by atoms with van der Waals surface area (Å²) < 4.78 is 55.8. The Morgan fingerprint density at radius 1 is 1.47 bits per heavy atom. The summed E-state index contributed by atoms with van der Waals surface area (Å²) in [7, 11) is -6.10. The molecule has 1 rings (SSSR count). The van der Waals surface area contributed by atoms with Crippen LogP contribution in [0.15, 0.2) is 21.3 Å². The summed E-state index contributed by atoms with van der Waals surface area (Å²) in [6, 6.07) is 0. The van der Waals surface area contributed by atoms with Crippen molar-refractivity contribution in [2.24, 2.45) is 0 Å². The van der Waals surface area contributed by atoms with E-state index in [1.807, 2.05) is 0 Å². The van der Waals surface area contributed by atoms with E-state index < -0.39 is 34.6 Å². The molecule has 0 bridgehead atoms. The van der Waals surface area contributed by atoms with Crippen molar-refractivity contribution in [3.8, 4) is 0 Å². The Labute approximate surface area is 118 Å². The Bertz CT molecular complexity index is 448. The van der Waals surface area contributed by atoms with Crippen LogP contribution in [0.5, 0.6) is 0 Å². The van der Waals surface area contributed by atoms with Crippen molar-refractivity contribution in [1.29, 1.82) is 0 Å². The number of rotatable bonds is 5. The van der Waals surface area contributed by atoms with Crippen LogP contribution < -0.4 is 0 Å². The van der Waals surface area contributed by atoms with Crippen molar-refractivity contribution in [2.75, 3.05) is 6.61 Å². The molecule has 0 aromatic heterocycles. The molecule has 0 aliphatic carbocycles. The van der Waals surface area contributed by atoms with Gasteiger partial charge in [0.15, 0.2) is 0 Å². The molecule has 112 valence electrons. The molecule has 1 aliphatic rings. The third kappa shape index (κ3) is 3.82. The van der Waals surface area contributed by atoms with E-state index >= 15 is 0 Å². The third-order valence-electron chi connectivity index (χ3n) is 2.54. The van der Waals surface area contributed by atoms with Crippen molar-refractivity contribution in [3.05, 3.63) is 21.3 Å². The standard InChI is InChI=1S/C10H16F3O3PS2/c1-3-8(17(14,15)16-4-2)19-7(10(11,12)13)5-6-9(19)18/h5-6,8,18-19H,3-4H2,1-2H3,(H,14,15). The first-order valence-corrected chi connectivity index (χ1v) is 9.10. The van der Waals surface area contributed by atoms with Crippen LogP contribution in [0.1, 0.15) is 20.3 Å². The topological polar surface area (TPSA) is 46.5 Å². The van der Waals surface area contributed by atoms with Gasteiger partial charge in [-0.05, 0) is 25.5 Å². The Morgan fingerprint density at radius 2 is 2.05 bits per heavy atom. The molecular weight excluding hydrogens is 320 g/mol. The average Bonchev–Trinajstić information content (AvgIpc) is 2.61. The second-order valence-electron chi connectivity index (χ2n) is 3.82. The van der Waals surface area contributed by atoms with E-state index in [-0.39, 0.29) is 17.3 Å². The monoisotopic (exact) mass is 336 g/mol. The van der Waals surface area contributed by atoms with Gasteiger partial charge in [-0.2, -0.15) is 24.1 Å². The zero-order valence-electron chi connectivity index (χ0n) is 10.4. The summed E-state index contributed by atoms with van der Waals surface area (Å²) in [6.45, 7) is 3.07. The fraction of sp³-hybridized carbons (Fsp3) is 0.600. The normalized spacial score (nSPS) is 26.6. The van der Waals surface area contributed by atoms with E-state index in [4.69, 9.17) is 4.52 Å². The quantitative estimate of drug-likeness (QED) is 0.521. The number of halogens is 3. The molecule has 0 radical (unpaired) electrons. The fourth-order valence-corrected chi connectivity index (χ4v) is 8.00. The summed E-state index contributed by atoms with van der Waals surface area (Å²) >= 11 is 4.02. The molecule has 0 saturated heterocycles. The second-order valence-corrected chi connectivity index (χ2v) is 9.39. The lowest BCUT2D eigenvalue weighted by Crippen LogP contribution is -2.18. The van der Waals surface area contributed by atoms with E-state index in [9.17, 15) is 22.6 Å². The smallest absolute Gasteiger partial charge is 0.324 e. The predicted octanol–water partition coefficient (Wildman–Crippen LogP) is 4.18. The molecule has 0 aromatic carbocycles. The fourth-order valence-electron chi connectivity index (χ4n) is 1.81. The number of alkyl halides is 3. The van der Waals surface area contributed by atoms with Crippen molar-refractivity contribution in [3.63, 3.8) is 0 Å². The van der Waals surface area contributed by atoms with Crippen molar-refractivity contribution < 1.29 is 27.2 Å². The molecule has 9 heteroatoms. The van der Waals surface area contributed by atoms with Gasteiger partial charge in [0.2, 0.25) is 0 Å². The van der Waals surface area contributed by atoms with Crippen molar-refractivity contribution >= 4 is 31.1 Å². The van der Waals surface area contributed by atoms with Crippen LogP contribution in [0, 0.1) is 0 Å². The number of hydrogen-bond donors (Lipinski definition) is 3. The lowest BCUT2D eigenvalue weighted by Gasteiger charge is -2.33. The Kier molecular flexibility index (Phi) is 5.66. The first-order valence-electron chi connectivity index (χ1n) is 5.59. The molecule has 1 N–H and O–H groups in total. The second kappa shape index (κ2) is 6.26. The Balaban J connectivity index is 3.13. The van der Waals surface area contributed by atoms with Crippen LogP contribution in [0.3, 0.4) is 0 Å². The molecule has 0 spiro atoms. The molecule has 3 unspecified atom stereocenters. The molecule has 0 amide bonds. The molecule has 3 atom stereocenters. The SMILES string of the molecule is CCOP(=O)(O)C(CC)[SH]1C(S)=CC=C1C(F)(F)F. The minimum Gasteiger partial charge on any atom is -0.324 e. The molecular formula is C10H16F3O3PS2. The Hall–Kier alpha value is 0.120. The predicted molar refractivity (Wildman–Crippen MR) is 75.7 cm³/mol. The summed E-state index contributed by atoms with van der Waals surface area (Å²) in [6.07, 6.45) is -2.23. The van der Waals surface area contributed by atoms with E-state index in [1.54, 1.807) is 6.92 Å². The average molecular weight is 336 g/mol. The highest BCUT2D eigenvalue weighted by Crippen LogP contribution is 2.68. The van der Waals surface area contributed by atoms with E-state index in [0.717, 1.165) is 6.08 Å². The van der Waals surface area contributed by atoms with Crippen LogP contribution in [0.4, 0.5) is 13.2 Å². The highest BCUT2D eigenvalue weighted by atomic mass is 32.2. The summed E-state index contributed by atoms with van der Waals surface area (Å²) in [4.78, 5) is 7.96. The van der Waals surface area contributed by atoms with Crippen LogP contribution in [0.2, 0.25) is 0 Å². The van der Waals surface area contributed by atoms with Crippen molar-refractivity contribution in [1.82, 2.24) is 0 Å².